The summed E-state index contributed by atoms with van der Waals surface area (Å²) in [5.74, 6) is 0.200. The van der Waals surface area contributed by atoms with Crippen LogP contribution in [0.25, 0.3) is 11.1 Å². The van der Waals surface area contributed by atoms with Gasteiger partial charge in [0.15, 0.2) is 0 Å². The molecule has 0 aliphatic heterocycles. The topological polar surface area (TPSA) is 63.4 Å². The Morgan fingerprint density at radius 3 is 1.71 bits per heavy atom. The number of phenolic OH excluding ortho intramolecular Hbond substituents is 1. The molecular weight excluding hydrogens is 229 g/mol. The Hall–Kier alpha value is -1.36. The molecule has 0 aromatic heterocycles. The second-order valence-electron chi connectivity index (χ2n) is 3.35. The molecule has 0 fully saturated rings. The van der Waals surface area contributed by atoms with E-state index in [1.165, 1.54) is 12.1 Å². The van der Waals surface area contributed by atoms with Crippen LogP contribution in [0.3, 0.4) is 0 Å². The van der Waals surface area contributed by atoms with Crippen molar-refractivity contribution in [2.75, 3.05) is 0 Å². The maximum absolute atomic E-state index is 10.5. The molecule has 0 unspecified atom stereocenters. The van der Waals surface area contributed by atoms with Gasteiger partial charge in [-0.05, 0) is 35.4 Å². The molecule has 2 aromatic rings. The van der Waals surface area contributed by atoms with Crippen LogP contribution in [-0.2, 0) is 0 Å². The van der Waals surface area contributed by atoms with Crippen molar-refractivity contribution in [3.63, 3.8) is 0 Å². The third kappa shape index (κ3) is 3.30. The first-order chi connectivity index (χ1) is 7.66. The molecular formula is C12H10NNaO3. The van der Waals surface area contributed by atoms with Gasteiger partial charge < -0.3 is 5.11 Å². The number of hydrogen-bond donors (Lipinski definition) is 1. The van der Waals surface area contributed by atoms with Crippen LogP contribution in [0.5, 0.6) is 5.75 Å². The van der Waals surface area contributed by atoms with Crippen LogP contribution < -0.4 is 0 Å². The molecule has 4 nitrogen and oxygen atoms in total. The fourth-order valence-electron chi connectivity index (χ4n) is 1.43. The molecule has 2 rings (SSSR count). The van der Waals surface area contributed by atoms with E-state index in [9.17, 15) is 10.1 Å². The fourth-order valence-corrected chi connectivity index (χ4v) is 1.43. The van der Waals surface area contributed by atoms with Gasteiger partial charge in [0.1, 0.15) is 5.75 Å². The SMILES string of the molecule is O=[N+]([O-])c1ccc(-c2ccc(O)cc2)cc1.[NaH]. The number of nitrogens with zero attached hydrogens (tertiary/aromatic N) is 1. The van der Waals surface area contributed by atoms with Crippen LogP contribution in [0.1, 0.15) is 0 Å². The van der Waals surface area contributed by atoms with Gasteiger partial charge in [-0.15, -0.1) is 0 Å². The van der Waals surface area contributed by atoms with Gasteiger partial charge in [0.05, 0.1) is 4.92 Å². The molecule has 0 aliphatic rings. The van der Waals surface area contributed by atoms with Crippen molar-refractivity contribution in [3.05, 3.63) is 58.6 Å². The van der Waals surface area contributed by atoms with E-state index in [1.807, 2.05) is 0 Å². The van der Waals surface area contributed by atoms with Gasteiger partial charge in [-0.1, -0.05) is 12.1 Å². The number of hydrogen-bond acceptors (Lipinski definition) is 3. The minimum atomic E-state index is -0.430. The van der Waals surface area contributed by atoms with Crippen molar-refractivity contribution in [1.29, 1.82) is 0 Å². The number of rotatable bonds is 2. The van der Waals surface area contributed by atoms with Crippen LogP contribution >= 0.6 is 0 Å². The zero-order valence-electron chi connectivity index (χ0n) is 8.33. The van der Waals surface area contributed by atoms with E-state index in [0.29, 0.717) is 0 Å². The van der Waals surface area contributed by atoms with Gasteiger partial charge in [0, 0.05) is 12.1 Å². The third-order valence-electron chi connectivity index (χ3n) is 2.28. The molecule has 17 heavy (non-hydrogen) atoms. The Morgan fingerprint density at radius 1 is 0.882 bits per heavy atom. The van der Waals surface area contributed by atoms with E-state index < -0.39 is 4.92 Å². The standard InChI is InChI=1S/C12H9NO3.Na.H/c14-12-7-3-10(4-8-12)9-1-5-11(6-2-9)13(15)16;;/h1-8,14H;;. The molecule has 2 aromatic carbocycles. The number of phenols is 1. The molecule has 0 saturated heterocycles. The third-order valence-corrected chi connectivity index (χ3v) is 2.28. The zero-order chi connectivity index (χ0) is 11.5. The van der Waals surface area contributed by atoms with Gasteiger partial charge >= 0.3 is 29.6 Å². The van der Waals surface area contributed by atoms with E-state index in [1.54, 1.807) is 36.4 Å². The summed E-state index contributed by atoms with van der Waals surface area (Å²) in [4.78, 5) is 10.0. The quantitative estimate of drug-likeness (QED) is 0.497. The molecule has 1 N–H and O–H groups in total. The predicted octanol–water partition coefficient (Wildman–Crippen LogP) is 2.32. The molecule has 0 heterocycles. The maximum atomic E-state index is 10.5. The van der Waals surface area contributed by atoms with Crippen molar-refractivity contribution in [2.24, 2.45) is 0 Å². The molecule has 0 atom stereocenters. The average molecular weight is 239 g/mol. The summed E-state index contributed by atoms with van der Waals surface area (Å²) < 4.78 is 0. The summed E-state index contributed by atoms with van der Waals surface area (Å²) in [5.41, 5.74) is 1.86. The van der Waals surface area contributed by atoms with Crippen molar-refractivity contribution in [2.45, 2.75) is 0 Å². The first-order valence-corrected chi connectivity index (χ1v) is 4.71. The second kappa shape index (κ2) is 5.82. The predicted molar refractivity (Wildman–Crippen MR) is 67.3 cm³/mol. The van der Waals surface area contributed by atoms with E-state index >= 15 is 0 Å². The summed E-state index contributed by atoms with van der Waals surface area (Å²) in [6.45, 7) is 0. The molecule has 5 heteroatoms. The van der Waals surface area contributed by atoms with Crippen molar-refractivity contribution in [1.82, 2.24) is 0 Å². The Balaban J connectivity index is 0.00000144. The van der Waals surface area contributed by atoms with E-state index in [2.05, 4.69) is 0 Å². The van der Waals surface area contributed by atoms with Crippen molar-refractivity contribution >= 4 is 35.2 Å². The fraction of sp³-hybridized carbons (Fsp3) is 0. The van der Waals surface area contributed by atoms with Crippen LogP contribution in [0.15, 0.2) is 48.5 Å². The Morgan fingerprint density at radius 2 is 1.29 bits per heavy atom. The Bertz CT molecular complexity index is 508. The van der Waals surface area contributed by atoms with E-state index in [-0.39, 0.29) is 41.0 Å². The van der Waals surface area contributed by atoms with Crippen LogP contribution in [0.2, 0.25) is 0 Å². The summed E-state index contributed by atoms with van der Waals surface area (Å²) in [6, 6.07) is 13.0. The number of nitro groups is 1. The monoisotopic (exact) mass is 239 g/mol. The Labute approximate surface area is 120 Å². The van der Waals surface area contributed by atoms with Gasteiger partial charge in [-0.2, -0.15) is 0 Å². The van der Waals surface area contributed by atoms with E-state index in [4.69, 9.17) is 5.11 Å². The van der Waals surface area contributed by atoms with Gasteiger partial charge in [0.25, 0.3) is 5.69 Å². The normalized spacial score (nSPS) is 9.41. The van der Waals surface area contributed by atoms with E-state index in [0.717, 1.165) is 11.1 Å². The van der Waals surface area contributed by atoms with Gasteiger partial charge in [0.2, 0.25) is 0 Å². The summed E-state index contributed by atoms with van der Waals surface area (Å²) in [6.07, 6.45) is 0. The van der Waals surface area contributed by atoms with Gasteiger partial charge in [-0.25, -0.2) is 0 Å². The minimum absolute atomic E-state index is 0. The summed E-state index contributed by atoms with van der Waals surface area (Å²) >= 11 is 0. The zero-order valence-corrected chi connectivity index (χ0v) is 8.33. The van der Waals surface area contributed by atoms with Crippen LogP contribution in [-0.4, -0.2) is 39.6 Å². The number of nitro benzene ring substituents is 1. The van der Waals surface area contributed by atoms with Crippen LogP contribution in [0.4, 0.5) is 5.69 Å². The van der Waals surface area contributed by atoms with Gasteiger partial charge in [-0.3, -0.25) is 10.1 Å². The summed E-state index contributed by atoms with van der Waals surface area (Å²) in [5, 5.41) is 19.6. The molecule has 0 amide bonds. The average Bonchev–Trinajstić information content (AvgIpc) is 2.30. The molecule has 0 aliphatic carbocycles. The Kier molecular flexibility index (Phi) is 4.69. The summed E-state index contributed by atoms with van der Waals surface area (Å²) in [7, 11) is 0. The number of non-ortho nitro benzene ring substituents is 1. The molecule has 0 saturated carbocycles. The second-order valence-corrected chi connectivity index (χ2v) is 3.35. The number of benzene rings is 2. The first-order valence-electron chi connectivity index (χ1n) is 4.71. The molecule has 0 spiro atoms. The molecule has 0 bridgehead atoms. The van der Waals surface area contributed by atoms with Crippen LogP contribution in [0, 0.1) is 10.1 Å². The first kappa shape index (κ1) is 13.7. The molecule has 0 radical (unpaired) electrons. The number of aromatic hydroxyl groups is 1. The van der Waals surface area contributed by atoms with Crippen molar-refractivity contribution in [3.8, 4) is 16.9 Å². The van der Waals surface area contributed by atoms with Crippen molar-refractivity contribution < 1.29 is 10.0 Å². The molecule has 82 valence electrons.